The predicted molar refractivity (Wildman–Crippen MR) is 126 cm³/mol. The van der Waals surface area contributed by atoms with Crippen molar-refractivity contribution in [2.45, 2.75) is 38.5 Å². The summed E-state index contributed by atoms with van der Waals surface area (Å²) in [6.45, 7) is 7.83. The van der Waals surface area contributed by atoms with Crippen molar-refractivity contribution < 1.29 is 9.13 Å². The first-order valence-electron chi connectivity index (χ1n) is 10.3. The van der Waals surface area contributed by atoms with Crippen LogP contribution in [0.15, 0.2) is 64.7 Å². The monoisotopic (exact) mass is 464 g/mol. The van der Waals surface area contributed by atoms with E-state index in [9.17, 15) is 4.39 Å². The van der Waals surface area contributed by atoms with Gasteiger partial charge in [0.25, 0.3) is 0 Å². The van der Waals surface area contributed by atoms with Gasteiger partial charge in [-0.25, -0.2) is 4.39 Å². The highest BCUT2D eigenvalue weighted by molar-refractivity contribution is 6.36. The molecule has 4 N–H and O–H groups in total. The van der Waals surface area contributed by atoms with Gasteiger partial charge in [0, 0.05) is 18.0 Å². The van der Waals surface area contributed by atoms with Gasteiger partial charge in [-0.3, -0.25) is 4.99 Å². The Hall–Kier alpha value is -2.28. The minimum Gasteiger partial charge on any atom is -0.465 e. The normalized spacial score (nSPS) is 20.8. The van der Waals surface area contributed by atoms with E-state index in [-0.39, 0.29) is 11.1 Å². The minimum absolute atomic E-state index is 0.0636. The molecule has 0 aromatic heterocycles. The van der Waals surface area contributed by atoms with Crippen LogP contribution in [0.1, 0.15) is 38.0 Å². The molecular weight excluding hydrogens is 438 g/mol. The zero-order valence-corrected chi connectivity index (χ0v) is 18.9. The van der Waals surface area contributed by atoms with Crippen LogP contribution >= 0.6 is 23.2 Å². The molecule has 0 amide bonds. The Morgan fingerprint density at radius 3 is 2.71 bits per heavy atom. The summed E-state index contributed by atoms with van der Waals surface area (Å²) in [5.74, 6) is 0.0381. The highest BCUT2D eigenvalue weighted by atomic mass is 35.5. The van der Waals surface area contributed by atoms with Crippen LogP contribution in [0.25, 0.3) is 0 Å². The van der Waals surface area contributed by atoms with Crippen LogP contribution in [0.2, 0.25) is 10.0 Å². The Morgan fingerprint density at radius 2 is 2.06 bits per heavy atom. The fourth-order valence-corrected chi connectivity index (χ4v) is 4.09. The van der Waals surface area contributed by atoms with E-state index >= 15 is 0 Å². The van der Waals surface area contributed by atoms with Crippen molar-refractivity contribution >= 4 is 29.4 Å². The lowest BCUT2D eigenvalue weighted by atomic mass is 10.1. The van der Waals surface area contributed by atoms with E-state index in [1.54, 1.807) is 12.3 Å². The Labute approximate surface area is 192 Å². The maximum Gasteiger partial charge on any atom is 0.199 e. The lowest BCUT2D eigenvalue weighted by Gasteiger charge is -2.19. The van der Waals surface area contributed by atoms with E-state index < -0.39 is 12.0 Å². The van der Waals surface area contributed by atoms with Gasteiger partial charge in [0.2, 0.25) is 0 Å². The number of nitrogens with one attached hydrogen (secondary N) is 2. The van der Waals surface area contributed by atoms with Crippen molar-refractivity contribution in [1.82, 2.24) is 10.6 Å². The number of aliphatic imine (C=N–C) groups is 1. The molecule has 0 saturated carbocycles. The number of nitrogens with zero attached hydrogens (tertiary/aromatic N) is 1. The largest absolute Gasteiger partial charge is 0.465 e. The number of benzene rings is 1. The highest BCUT2D eigenvalue weighted by Gasteiger charge is 2.29. The van der Waals surface area contributed by atoms with Crippen molar-refractivity contribution in [3.05, 3.63) is 81.1 Å². The van der Waals surface area contributed by atoms with Gasteiger partial charge in [0.15, 0.2) is 6.23 Å². The van der Waals surface area contributed by atoms with Gasteiger partial charge in [-0.15, -0.1) is 0 Å². The Morgan fingerprint density at radius 1 is 1.32 bits per heavy atom. The number of piperidine rings is 1. The smallest absolute Gasteiger partial charge is 0.199 e. The van der Waals surface area contributed by atoms with E-state index in [0.717, 1.165) is 42.8 Å². The number of hydrogen-bond acceptors (Lipinski definition) is 5. The maximum atomic E-state index is 14.0. The molecule has 1 saturated heterocycles. The highest BCUT2D eigenvalue weighted by Crippen LogP contribution is 2.38. The number of nitrogens with two attached hydrogens (primary N) is 1. The van der Waals surface area contributed by atoms with Gasteiger partial charge >= 0.3 is 0 Å². The number of allylic oxidation sites excluding steroid dienone is 5. The van der Waals surface area contributed by atoms with Crippen LogP contribution in [0, 0.1) is 5.82 Å². The fraction of sp³-hybridized carbons (Fsp3) is 0.348. The SMILES string of the molecule is C=CC(=C\C1=C(CC)N[C@H](c2c(Cl)ccc(F)c2Cl)O1)/C(C=NC1CCNCC1)=C/N. The molecule has 3 rings (SSSR count). The first-order valence-corrected chi connectivity index (χ1v) is 11.0. The van der Waals surface area contributed by atoms with Crippen molar-refractivity contribution in [1.29, 1.82) is 0 Å². The van der Waals surface area contributed by atoms with E-state index in [4.69, 9.17) is 33.7 Å². The summed E-state index contributed by atoms with van der Waals surface area (Å²) in [5.41, 5.74) is 8.58. The van der Waals surface area contributed by atoms with Crippen molar-refractivity contribution in [3.8, 4) is 0 Å². The van der Waals surface area contributed by atoms with Crippen molar-refractivity contribution in [2.24, 2.45) is 10.7 Å². The third-order valence-corrected chi connectivity index (χ3v) is 6.01. The molecule has 0 aliphatic carbocycles. The molecule has 2 heterocycles. The summed E-state index contributed by atoms with van der Waals surface area (Å²) >= 11 is 12.4. The van der Waals surface area contributed by atoms with Gasteiger partial charge in [-0.2, -0.15) is 0 Å². The standard InChI is InChI=1S/C23H27Cl2FN4O/c1-3-14(15(12-27)13-29-16-7-9-28-10-8-16)11-20-19(4-2)30-23(31-20)21-17(24)5-6-18(26)22(21)25/h3,5-6,11-13,16,23,28,30H,1,4,7-10,27H2,2H3/b14-11+,15-12+,29-13?/t23-/m0/s1. The molecule has 2 aliphatic rings. The van der Waals surface area contributed by atoms with Crippen molar-refractivity contribution in [2.75, 3.05) is 13.1 Å². The first-order chi connectivity index (χ1) is 15.0. The van der Waals surface area contributed by atoms with Gasteiger partial charge in [-0.1, -0.05) is 42.8 Å². The number of halogens is 3. The molecule has 0 bridgehead atoms. The van der Waals surface area contributed by atoms with Crippen LogP contribution in [0.3, 0.4) is 0 Å². The Bertz CT molecular complexity index is 949. The van der Waals surface area contributed by atoms with Gasteiger partial charge < -0.3 is 21.1 Å². The second-order valence-electron chi connectivity index (χ2n) is 7.28. The quantitative estimate of drug-likeness (QED) is 0.296. The molecule has 1 aromatic carbocycles. The first kappa shape index (κ1) is 23.4. The van der Waals surface area contributed by atoms with Crippen LogP contribution in [0.4, 0.5) is 4.39 Å². The molecule has 1 aromatic rings. The summed E-state index contributed by atoms with van der Waals surface area (Å²) in [5, 5.41) is 6.82. The number of hydrogen-bond donors (Lipinski definition) is 3. The Kier molecular flexibility index (Phi) is 8.18. The molecule has 31 heavy (non-hydrogen) atoms. The lowest BCUT2D eigenvalue weighted by Crippen LogP contribution is -2.29. The lowest BCUT2D eigenvalue weighted by molar-refractivity contribution is 0.137. The summed E-state index contributed by atoms with van der Waals surface area (Å²) in [6.07, 6.45) is 8.80. The summed E-state index contributed by atoms with van der Waals surface area (Å²) < 4.78 is 20.1. The third-order valence-electron chi connectivity index (χ3n) is 5.30. The van der Waals surface area contributed by atoms with Crippen LogP contribution in [-0.4, -0.2) is 25.3 Å². The van der Waals surface area contributed by atoms with Gasteiger partial charge in [-0.05, 0) is 56.1 Å². The average molecular weight is 465 g/mol. The summed E-state index contributed by atoms with van der Waals surface area (Å²) in [6, 6.07) is 2.97. The van der Waals surface area contributed by atoms with Crippen LogP contribution in [0.5, 0.6) is 0 Å². The molecule has 1 fully saturated rings. The van der Waals surface area contributed by atoms with E-state index in [1.807, 2.05) is 13.0 Å². The third kappa shape index (κ3) is 5.50. The van der Waals surface area contributed by atoms with Crippen molar-refractivity contribution in [3.63, 3.8) is 0 Å². The molecular formula is C23H27Cl2FN4O. The van der Waals surface area contributed by atoms with Gasteiger partial charge in [0.05, 0.1) is 27.3 Å². The zero-order chi connectivity index (χ0) is 22.4. The molecule has 166 valence electrons. The molecule has 0 radical (unpaired) electrons. The van der Waals surface area contributed by atoms with Crippen LogP contribution < -0.4 is 16.4 Å². The van der Waals surface area contributed by atoms with E-state index in [1.165, 1.54) is 18.3 Å². The van der Waals surface area contributed by atoms with E-state index in [2.05, 4.69) is 22.2 Å². The van der Waals surface area contributed by atoms with Gasteiger partial charge in [0.1, 0.15) is 11.6 Å². The average Bonchev–Trinajstić information content (AvgIpc) is 3.19. The Balaban J connectivity index is 1.84. The number of rotatable bonds is 7. The minimum atomic E-state index is -0.698. The number of ether oxygens (including phenoxy) is 1. The second kappa shape index (κ2) is 10.8. The molecule has 1 atom stereocenters. The maximum absolute atomic E-state index is 14.0. The predicted octanol–water partition coefficient (Wildman–Crippen LogP) is 5.15. The zero-order valence-electron chi connectivity index (χ0n) is 17.4. The summed E-state index contributed by atoms with van der Waals surface area (Å²) in [7, 11) is 0. The molecule has 5 nitrogen and oxygen atoms in total. The molecule has 8 heteroatoms. The van der Waals surface area contributed by atoms with E-state index in [0.29, 0.717) is 22.8 Å². The second-order valence-corrected chi connectivity index (χ2v) is 8.07. The molecule has 2 aliphatic heterocycles. The topological polar surface area (TPSA) is 71.7 Å². The van der Waals surface area contributed by atoms with Crippen LogP contribution in [-0.2, 0) is 4.74 Å². The molecule has 0 spiro atoms. The fourth-order valence-electron chi connectivity index (χ4n) is 3.53. The molecule has 0 unspecified atom stereocenters. The summed E-state index contributed by atoms with van der Waals surface area (Å²) in [4.78, 5) is 4.68.